The summed E-state index contributed by atoms with van der Waals surface area (Å²) in [6, 6.07) is 6.21. The van der Waals surface area contributed by atoms with Crippen LogP contribution in [0.1, 0.15) is 12.5 Å². The van der Waals surface area contributed by atoms with Crippen LogP contribution < -0.4 is 5.32 Å². The number of nitrogens with one attached hydrogen (secondary N) is 1. The van der Waals surface area contributed by atoms with Gasteiger partial charge in [-0.2, -0.15) is 0 Å². The molecule has 0 fully saturated rings. The highest BCUT2D eigenvalue weighted by Gasteiger charge is 2.03. The normalized spacial score (nSPS) is 9.16. The molecule has 1 amide bonds. The van der Waals surface area contributed by atoms with Crippen molar-refractivity contribution in [1.29, 1.82) is 0 Å². The molecule has 0 aliphatic carbocycles. The van der Waals surface area contributed by atoms with Gasteiger partial charge in [-0.25, -0.2) is 4.39 Å². The number of hydrogen-bond acceptors (Lipinski definition) is 3. The van der Waals surface area contributed by atoms with E-state index < -0.39 is 11.9 Å². The third kappa shape index (κ3) is 5.68. The molecule has 0 atom stereocenters. The molecule has 0 saturated heterocycles. The molecule has 4 nitrogen and oxygen atoms in total. The minimum Gasteiger partial charge on any atom is -0.465 e. The van der Waals surface area contributed by atoms with Gasteiger partial charge in [0.05, 0.1) is 6.61 Å². The summed E-state index contributed by atoms with van der Waals surface area (Å²) in [7, 11) is 0. The van der Waals surface area contributed by atoms with Crippen LogP contribution in [0, 0.1) is 17.7 Å². The van der Waals surface area contributed by atoms with E-state index in [1.165, 1.54) is 6.07 Å². The number of esters is 1. The lowest BCUT2D eigenvalue weighted by Crippen LogP contribution is -2.29. The van der Waals surface area contributed by atoms with E-state index in [2.05, 4.69) is 21.9 Å². The molecule has 0 bridgehead atoms. The van der Waals surface area contributed by atoms with Gasteiger partial charge in [0.1, 0.15) is 12.4 Å². The van der Waals surface area contributed by atoms with Crippen molar-refractivity contribution in [2.75, 3.05) is 13.2 Å². The fraction of sp³-hybridized carbons (Fsp3) is 0.286. The Morgan fingerprint density at radius 1 is 1.37 bits per heavy atom. The number of carbonyl (C=O) groups is 2. The summed E-state index contributed by atoms with van der Waals surface area (Å²) in [6.07, 6.45) is 0.138. The van der Waals surface area contributed by atoms with Crippen molar-refractivity contribution in [3.8, 4) is 11.8 Å². The summed E-state index contributed by atoms with van der Waals surface area (Å²) in [5.74, 6) is 3.35. The topological polar surface area (TPSA) is 55.4 Å². The first-order valence-electron chi connectivity index (χ1n) is 5.79. The summed E-state index contributed by atoms with van der Waals surface area (Å²) in [5, 5.41) is 2.29. The monoisotopic (exact) mass is 263 g/mol. The van der Waals surface area contributed by atoms with Gasteiger partial charge in [-0.15, -0.1) is 0 Å². The quantitative estimate of drug-likeness (QED) is 0.652. The molecule has 0 aliphatic rings. The summed E-state index contributed by atoms with van der Waals surface area (Å²) >= 11 is 0. The van der Waals surface area contributed by atoms with E-state index in [4.69, 9.17) is 0 Å². The molecule has 0 aliphatic heterocycles. The van der Waals surface area contributed by atoms with Crippen molar-refractivity contribution < 1.29 is 18.7 Å². The molecule has 1 aromatic rings. The van der Waals surface area contributed by atoms with Crippen LogP contribution in [0.3, 0.4) is 0 Å². The Hall–Kier alpha value is -2.35. The number of ether oxygens (including phenoxy) is 1. The highest BCUT2D eigenvalue weighted by Crippen LogP contribution is 2.05. The van der Waals surface area contributed by atoms with Crippen molar-refractivity contribution in [1.82, 2.24) is 5.32 Å². The standard InChI is InChI=1S/C14H14FNO3/c1-2-19-14(18)10-16-13(17)9-5-7-11-6-3-4-8-12(11)15/h3-4,6,8H,2,7,10H2,1H3,(H,16,17). The average Bonchev–Trinajstić information content (AvgIpc) is 2.39. The fourth-order valence-corrected chi connectivity index (χ4v) is 1.27. The number of amides is 1. The maximum Gasteiger partial charge on any atom is 0.325 e. The number of rotatable bonds is 4. The van der Waals surface area contributed by atoms with E-state index in [1.807, 2.05) is 0 Å². The van der Waals surface area contributed by atoms with Crippen molar-refractivity contribution in [2.45, 2.75) is 13.3 Å². The SMILES string of the molecule is CCOC(=O)CNC(=O)C#CCc1ccccc1F. The molecule has 0 spiro atoms. The average molecular weight is 263 g/mol. The molecule has 0 radical (unpaired) electrons. The highest BCUT2D eigenvalue weighted by atomic mass is 19.1. The van der Waals surface area contributed by atoms with Crippen molar-refractivity contribution in [3.63, 3.8) is 0 Å². The number of hydrogen-bond donors (Lipinski definition) is 1. The lowest BCUT2D eigenvalue weighted by molar-refractivity contribution is -0.143. The van der Waals surface area contributed by atoms with Gasteiger partial charge in [-0.1, -0.05) is 24.1 Å². The van der Waals surface area contributed by atoms with E-state index >= 15 is 0 Å². The minimum absolute atomic E-state index is 0.138. The number of halogens is 1. The Morgan fingerprint density at radius 2 is 2.11 bits per heavy atom. The third-order valence-corrected chi connectivity index (χ3v) is 2.14. The van der Waals surface area contributed by atoms with Crippen molar-refractivity contribution in [2.24, 2.45) is 0 Å². The first kappa shape index (κ1) is 14.7. The fourth-order valence-electron chi connectivity index (χ4n) is 1.27. The smallest absolute Gasteiger partial charge is 0.325 e. The first-order chi connectivity index (χ1) is 9.13. The Labute approximate surface area is 111 Å². The van der Waals surface area contributed by atoms with Gasteiger partial charge in [-0.3, -0.25) is 9.59 Å². The molecule has 1 N–H and O–H groups in total. The van der Waals surface area contributed by atoms with Crippen LogP contribution in [-0.4, -0.2) is 25.0 Å². The zero-order chi connectivity index (χ0) is 14.1. The maximum absolute atomic E-state index is 13.2. The second-order valence-electron chi connectivity index (χ2n) is 3.56. The second-order valence-corrected chi connectivity index (χ2v) is 3.56. The largest absolute Gasteiger partial charge is 0.465 e. The molecular weight excluding hydrogens is 249 g/mol. The van der Waals surface area contributed by atoms with Gasteiger partial charge in [0.2, 0.25) is 0 Å². The second kappa shape index (κ2) is 7.88. The lowest BCUT2D eigenvalue weighted by Gasteiger charge is -2.00. The van der Waals surface area contributed by atoms with Gasteiger partial charge in [0.15, 0.2) is 0 Å². The Bertz CT molecular complexity index is 517. The van der Waals surface area contributed by atoms with E-state index in [1.54, 1.807) is 25.1 Å². The van der Waals surface area contributed by atoms with Crippen molar-refractivity contribution >= 4 is 11.9 Å². The van der Waals surface area contributed by atoms with Crippen LogP contribution in [-0.2, 0) is 20.7 Å². The van der Waals surface area contributed by atoms with E-state index in [9.17, 15) is 14.0 Å². The highest BCUT2D eigenvalue weighted by molar-refractivity contribution is 5.95. The Kier molecular flexibility index (Phi) is 6.10. The summed E-state index contributed by atoms with van der Waals surface area (Å²) in [5.41, 5.74) is 0.424. The van der Waals surface area contributed by atoms with Gasteiger partial charge < -0.3 is 10.1 Å². The minimum atomic E-state index is -0.593. The molecule has 1 aromatic carbocycles. The van der Waals surface area contributed by atoms with Crippen molar-refractivity contribution in [3.05, 3.63) is 35.6 Å². The predicted octanol–water partition coefficient (Wildman–Crippen LogP) is 1.05. The van der Waals surface area contributed by atoms with E-state index in [-0.39, 0.29) is 25.4 Å². The van der Waals surface area contributed by atoms with E-state index in [0.29, 0.717) is 5.56 Å². The molecule has 1 rings (SSSR count). The van der Waals surface area contributed by atoms with Gasteiger partial charge in [0, 0.05) is 6.42 Å². The molecule has 0 aromatic heterocycles. The summed E-state index contributed by atoms with van der Waals surface area (Å²) in [4.78, 5) is 22.2. The van der Waals surface area contributed by atoms with Crippen LogP contribution in [0.2, 0.25) is 0 Å². The van der Waals surface area contributed by atoms with Gasteiger partial charge in [-0.05, 0) is 24.5 Å². The predicted molar refractivity (Wildman–Crippen MR) is 67.5 cm³/mol. The molecule has 100 valence electrons. The zero-order valence-corrected chi connectivity index (χ0v) is 10.5. The molecule has 19 heavy (non-hydrogen) atoms. The van der Waals surface area contributed by atoms with Crippen LogP contribution in [0.5, 0.6) is 0 Å². The molecule has 5 heteroatoms. The zero-order valence-electron chi connectivity index (χ0n) is 10.5. The van der Waals surface area contributed by atoms with Crippen LogP contribution in [0.15, 0.2) is 24.3 Å². The molecule has 0 unspecified atom stereocenters. The summed E-state index contributed by atoms with van der Waals surface area (Å²) < 4.78 is 17.9. The lowest BCUT2D eigenvalue weighted by atomic mass is 10.1. The molecular formula is C14H14FNO3. The third-order valence-electron chi connectivity index (χ3n) is 2.14. The maximum atomic E-state index is 13.2. The Balaban J connectivity index is 2.40. The van der Waals surface area contributed by atoms with Crippen LogP contribution in [0.4, 0.5) is 4.39 Å². The molecule has 0 heterocycles. The van der Waals surface area contributed by atoms with Gasteiger partial charge in [0.25, 0.3) is 5.91 Å². The van der Waals surface area contributed by atoms with Crippen LogP contribution in [0.25, 0.3) is 0 Å². The summed E-state index contributed by atoms with van der Waals surface area (Å²) in [6.45, 7) is 1.71. The number of carbonyl (C=O) groups excluding carboxylic acids is 2. The van der Waals surface area contributed by atoms with E-state index in [0.717, 1.165) is 0 Å². The first-order valence-corrected chi connectivity index (χ1v) is 5.79. The molecule has 0 saturated carbocycles. The van der Waals surface area contributed by atoms with Gasteiger partial charge >= 0.3 is 5.97 Å². The Morgan fingerprint density at radius 3 is 2.79 bits per heavy atom. The van der Waals surface area contributed by atoms with Crippen LogP contribution >= 0.6 is 0 Å². The number of benzene rings is 1.